The Morgan fingerprint density at radius 2 is 1.15 bits per heavy atom. The van der Waals surface area contributed by atoms with Crippen LogP contribution in [0.15, 0.2) is 61.2 Å². The van der Waals surface area contributed by atoms with Crippen LogP contribution in [0.3, 0.4) is 0 Å². The van der Waals surface area contributed by atoms with Gasteiger partial charge in [-0.15, -0.1) is 0 Å². The molecule has 170 valence electrons. The van der Waals surface area contributed by atoms with Gasteiger partial charge in [-0.05, 0) is 37.1 Å². The van der Waals surface area contributed by atoms with Gasteiger partial charge < -0.3 is 9.13 Å². The normalized spacial score (nSPS) is 13.8. The van der Waals surface area contributed by atoms with Crippen molar-refractivity contribution in [2.75, 3.05) is 13.1 Å². The summed E-state index contributed by atoms with van der Waals surface area (Å²) in [5.41, 5.74) is 7.88. The van der Waals surface area contributed by atoms with Crippen LogP contribution in [-0.2, 0) is 14.1 Å². The average molecular weight is 441 g/mol. The molecule has 0 aliphatic carbocycles. The predicted octanol–water partition coefficient (Wildman–Crippen LogP) is 6.71. The van der Waals surface area contributed by atoms with E-state index in [9.17, 15) is 0 Å². The van der Waals surface area contributed by atoms with E-state index < -0.39 is 0 Å². The van der Waals surface area contributed by atoms with E-state index in [1.807, 2.05) is 24.8 Å². The fraction of sp³-hybridized carbons (Fsp3) is 0.357. The van der Waals surface area contributed by atoms with E-state index in [1.165, 1.54) is 59.3 Å². The first-order valence-electron chi connectivity index (χ1n) is 12.2. The number of rotatable bonds is 8. The Kier molecular flexibility index (Phi) is 5.67. The maximum absolute atomic E-state index is 4.62. The van der Waals surface area contributed by atoms with Gasteiger partial charge in [-0.25, -0.2) is 9.97 Å². The second-order valence-electron chi connectivity index (χ2n) is 9.31. The van der Waals surface area contributed by atoms with Crippen LogP contribution in [0.4, 0.5) is 11.4 Å². The molecule has 0 atom stereocenters. The fourth-order valence-corrected chi connectivity index (χ4v) is 5.40. The zero-order valence-corrected chi connectivity index (χ0v) is 20.3. The molecule has 0 radical (unpaired) electrons. The van der Waals surface area contributed by atoms with Gasteiger partial charge in [0.2, 0.25) is 0 Å². The third-order valence-electron chi connectivity index (χ3n) is 7.15. The summed E-state index contributed by atoms with van der Waals surface area (Å²) < 4.78 is 5.14. The second kappa shape index (κ2) is 8.64. The summed E-state index contributed by atoms with van der Waals surface area (Å²) in [7, 11) is 4.12. The molecular formula is C28H34N5+. The first kappa shape index (κ1) is 21.7. The number of hydrogen-bond acceptors (Lipinski definition) is 2. The van der Waals surface area contributed by atoms with Crippen molar-refractivity contribution in [2.24, 2.45) is 14.1 Å². The zero-order chi connectivity index (χ0) is 23.0. The van der Waals surface area contributed by atoms with Crippen molar-refractivity contribution in [1.82, 2.24) is 23.6 Å². The zero-order valence-electron chi connectivity index (χ0n) is 20.3. The molecule has 0 N–H and O–H groups in total. The van der Waals surface area contributed by atoms with Crippen LogP contribution >= 0.6 is 0 Å². The minimum atomic E-state index is 0.952. The summed E-state index contributed by atoms with van der Waals surface area (Å²) in [6.07, 6.45) is 12.6. The van der Waals surface area contributed by atoms with E-state index in [2.05, 4.69) is 83.4 Å². The molecule has 0 bridgehead atoms. The Hall–Kier alpha value is -3.18. The maximum atomic E-state index is 4.62. The molecule has 4 aromatic rings. The predicted molar refractivity (Wildman–Crippen MR) is 137 cm³/mol. The van der Waals surface area contributed by atoms with Gasteiger partial charge in [0.15, 0.2) is 0 Å². The highest BCUT2D eigenvalue weighted by Crippen LogP contribution is 2.55. The van der Waals surface area contributed by atoms with E-state index in [4.69, 9.17) is 0 Å². The molecule has 3 heterocycles. The topological polar surface area (TPSA) is 35.6 Å². The van der Waals surface area contributed by atoms with Gasteiger partial charge in [0.25, 0.3) is 0 Å². The number of aromatic nitrogens is 4. The average Bonchev–Trinajstić information content (AvgIpc) is 3.52. The molecule has 1 aliphatic heterocycles. The Morgan fingerprint density at radius 1 is 0.697 bits per heavy atom. The summed E-state index contributed by atoms with van der Waals surface area (Å²) in [4.78, 5) is 9.23. The lowest BCUT2D eigenvalue weighted by Gasteiger charge is -2.35. The van der Waals surface area contributed by atoms with Crippen LogP contribution in [0.25, 0.3) is 33.9 Å². The molecule has 0 spiro atoms. The first-order valence-corrected chi connectivity index (χ1v) is 12.2. The molecule has 5 heteroatoms. The van der Waals surface area contributed by atoms with E-state index in [1.54, 1.807) is 0 Å². The number of fused-ring (bicyclic) bond motifs is 3. The quantitative estimate of drug-likeness (QED) is 0.286. The van der Waals surface area contributed by atoms with Crippen LogP contribution in [0.1, 0.15) is 39.5 Å². The summed E-state index contributed by atoms with van der Waals surface area (Å²) in [5.74, 6) is 2.01. The molecular weight excluding hydrogens is 406 g/mol. The Bertz CT molecular complexity index is 1180. The van der Waals surface area contributed by atoms with E-state index >= 15 is 0 Å². The number of benzene rings is 2. The molecule has 0 saturated heterocycles. The fourth-order valence-electron chi connectivity index (χ4n) is 5.40. The van der Waals surface area contributed by atoms with Gasteiger partial charge in [0, 0.05) is 73.3 Å². The Balaban J connectivity index is 1.74. The number of nitrogens with zero attached hydrogens (tertiary/aromatic N) is 5. The summed E-state index contributed by atoms with van der Waals surface area (Å²) in [6.45, 7) is 6.87. The van der Waals surface area contributed by atoms with Crippen LogP contribution < -0.4 is 4.48 Å². The van der Waals surface area contributed by atoms with Gasteiger partial charge in [-0.3, -0.25) is 4.48 Å². The smallest absolute Gasteiger partial charge is 0.146 e. The number of aryl methyl sites for hydroxylation is 2. The van der Waals surface area contributed by atoms with Crippen LogP contribution in [0.2, 0.25) is 0 Å². The molecule has 5 rings (SSSR count). The molecule has 0 saturated carbocycles. The van der Waals surface area contributed by atoms with Crippen LogP contribution in [-0.4, -0.2) is 32.2 Å². The number of imidazole rings is 2. The lowest BCUT2D eigenvalue weighted by molar-refractivity contribution is 0.372. The van der Waals surface area contributed by atoms with Gasteiger partial charge in [-0.1, -0.05) is 26.7 Å². The van der Waals surface area contributed by atoms with Crippen molar-refractivity contribution in [1.29, 1.82) is 0 Å². The number of hydrogen-bond donors (Lipinski definition) is 0. The lowest BCUT2D eigenvalue weighted by Crippen LogP contribution is -2.44. The molecule has 1 aliphatic rings. The van der Waals surface area contributed by atoms with Crippen molar-refractivity contribution in [3.05, 3.63) is 61.2 Å². The first-order chi connectivity index (χ1) is 16.1. The van der Waals surface area contributed by atoms with Gasteiger partial charge in [0.05, 0.1) is 13.1 Å². The molecule has 5 nitrogen and oxygen atoms in total. The third-order valence-corrected chi connectivity index (χ3v) is 7.15. The summed E-state index contributed by atoms with van der Waals surface area (Å²) >= 11 is 0. The summed E-state index contributed by atoms with van der Waals surface area (Å²) in [6, 6.07) is 14.0. The number of unbranched alkanes of at least 4 members (excludes halogenated alkanes) is 2. The van der Waals surface area contributed by atoms with E-state index in [0.717, 1.165) is 29.2 Å². The van der Waals surface area contributed by atoms with Crippen molar-refractivity contribution in [2.45, 2.75) is 39.5 Å². The van der Waals surface area contributed by atoms with Crippen molar-refractivity contribution in [3.63, 3.8) is 0 Å². The van der Waals surface area contributed by atoms with Crippen molar-refractivity contribution in [3.8, 4) is 33.9 Å². The summed E-state index contributed by atoms with van der Waals surface area (Å²) in [5, 5.41) is 0. The Morgan fingerprint density at radius 3 is 1.52 bits per heavy atom. The van der Waals surface area contributed by atoms with Crippen molar-refractivity contribution >= 4 is 11.4 Å². The largest absolute Gasteiger partial charge is 0.334 e. The second-order valence-corrected chi connectivity index (χ2v) is 9.31. The SMILES string of the molecule is CCCC[N+]1(CCCC)c2ccc(-c3nccn3C)cc2-c2cc(-c3nccn3C)ccc21. The van der Waals surface area contributed by atoms with Gasteiger partial charge in [-0.2, -0.15) is 0 Å². The third kappa shape index (κ3) is 3.51. The van der Waals surface area contributed by atoms with Crippen LogP contribution in [0, 0.1) is 0 Å². The monoisotopic (exact) mass is 440 g/mol. The highest BCUT2D eigenvalue weighted by molar-refractivity contribution is 5.97. The molecule has 0 fully saturated rings. The molecule has 0 amide bonds. The van der Waals surface area contributed by atoms with Gasteiger partial charge in [0.1, 0.15) is 23.0 Å². The van der Waals surface area contributed by atoms with Crippen molar-refractivity contribution < 1.29 is 0 Å². The number of quaternary nitrogens is 1. The Labute approximate surface area is 196 Å². The molecule has 2 aromatic heterocycles. The minimum absolute atomic E-state index is 0.952. The lowest BCUT2D eigenvalue weighted by atomic mass is 10.0. The highest BCUT2D eigenvalue weighted by Gasteiger charge is 2.43. The molecule has 0 unspecified atom stereocenters. The highest BCUT2D eigenvalue weighted by atomic mass is 15.4. The van der Waals surface area contributed by atoms with E-state index in [-0.39, 0.29) is 0 Å². The minimum Gasteiger partial charge on any atom is -0.334 e. The standard InChI is InChI=1S/C28H34N5/c1-5-7-17-33(18-8-6-2)25-11-9-21(27-29-13-15-31(27)3)19-23(25)24-20-22(10-12-26(24)33)28-30-14-16-32(28)4/h9-16,19-20H,5-8,17-18H2,1-4H3/q+1. The molecule has 33 heavy (non-hydrogen) atoms. The van der Waals surface area contributed by atoms with Gasteiger partial charge >= 0.3 is 0 Å². The van der Waals surface area contributed by atoms with E-state index in [0.29, 0.717) is 0 Å². The molecule has 2 aromatic carbocycles. The van der Waals surface area contributed by atoms with Crippen LogP contribution in [0.5, 0.6) is 0 Å². The maximum Gasteiger partial charge on any atom is 0.146 e.